The van der Waals surface area contributed by atoms with Gasteiger partial charge in [-0.1, -0.05) is 41.0 Å². The van der Waals surface area contributed by atoms with E-state index in [0.717, 1.165) is 23.0 Å². The van der Waals surface area contributed by atoms with Gasteiger partial charge in [-0.3, -0.25) is 14.9 Å². The highest BCUT2D eigenvalue weighted by Crippen LogP contribution is 2.36. The molecule has 200 valence electrons. The lowest BCUT2D eigenvalue weighted by molar-refractivity contribution is -0.385. The normalized spacial score (nSPS) is 13.9. The number of carbonyl (C=O) groups is 2. The molecule has 15 heteroatoms. The van der Waals surface area contributed by atoms with Gasteiger partial charge in [0.2, 0.25) is 5.88 Å². The number of hydrazine groups is 1. The molecule has 0 spiro atoms. The molecule has 2 aromatic carbocycles. The number of thioether (sulfide) groups is 1. The number of ether oxygens (including phenoxy) is 2. The summed E-state index contributed by atoms with van der Waals surface area (Å²) in [6.07, 6.45) is 2.68. The number of urea groups is 1. The Morgan fingerprint density at radius 3 is 2.64 bits per heavy atom. The zero-order valence-corrected chi connectivity index (χ0v) is 23.0. The molecule has 0 unspecified atom stereocenters. The van der Waals surface area contributed by atoms with Crippen LogP contribution >= 0.6 is 47.2 Å². The molecule has 4 rings (SSSR count). The number of nitro groups is 1. The second-order valence-corrected chi connectivity index (χ2v) is 10.1. The van der Waals surface area contributed by atoms with Gasteiger partial charge in [0.15, 0.2) is 15.8 Å². The highest BCUT2D eigenvalue weighted by Gasteiger charge is 2.33. The Balaban J connectivity index is 1.47. The van der Waals surface area contributed by atoms with Gasteiger partial charge < -0.3 is 14.8 Å². The quantitative estimate of drug-likeness (QED) is 0.129. The monoisotopic (exact) mass is 605 g/mol. The number of nitrogens with zero attached hydrogens (tertiary/aromatic N) is 3. The van der Waals surface area contributed by atoms with Gasteiger partial charge in [0.25, 0.3) is 11.6 Å². The van der Waals surface area contributed by atoms with E-state index in [1.165, 1.54) is 24.3 Å². The predicted octanol–water partition coefficient (Wildman–Crippen LogP) is 6.43. The summed E-state index contributed by atoms with van der Waals surface area (Å²) < 4.78 is 11.5. The number of thiocarbonyl (C=S) groups is 1. The lowest BCUT2D eigenvalue weighted by Crippen LogP contribution is -2.46. The molecular weight excluding hydrogens is 589 g/mol. The number of hydrogen-bond acceptors (Lipinski definition) is 9. The first-order valence-corrected chi connectivity index (χ1v) is 13.0. The number of halogens is 2. The summed E-state index contributed by atoms with van der Waals surface area (Å²) in [6, 6.07) is 11.4. The second-order valence-electron chi connectivity index (χ2n) is 7.56. The van der Waals surface area contributed by atoms with Crippen molar-refractivity contribution in [3.05, 3.63) is 85.4 Å². The Labute approximate surface area is 241 Å². The van der Waals surface area contributed by atoms with Gasteiger partial charge in [-0.25, -0.2) is 15.2 Å². The largest absolute Gasteiger partial charge is 0.490 e. The van der Waals surface area contributed by atoms with E-state index in [4.69, 9.17) is 44.9 Å². The van der Waals surface area contributed by atoms with Crippen LogP contribution in [0, 0.1) is 10.1 Å². The molecule has 11 nitrogen and oxygen atoms in total. The minimum absolute atomic E-state index is 0.129. The first kappa shape index (κ1) is 28.1. The molecule has 3 aromatic rings. The Kier molecular flexibility index (Phi) is 8.86. The number of amides is 3. The maximum absolute atomic E-state index is 13.0. The van der Waals surface area contributed by atoms with Crippen molar-refractivity contribution in [2.75, 3.05) is 11.9 Å². The van der Waals surface area contributed by atoms with Crippen molar-refractivity contribution in [2.45, 2.75) is 6.92 Å². The van der Waals surface area contributed by atoms with E-state index >= 15 is 0 Å². The van der Waals surface area contributed by atoms with Crippen LogP contribution in [0.4, 0.5) is 16.2 Å². The highest BCUT2D eigenvalue weighted by atomic mass is 35.5. The van der Waals surface area contributed by atoms with Crippen molar-refractivity contribution in [3.8, 4) is 17.4 Å². The lowest BCUT2D eigenvalue weighted by Gasteiger charge is -2.16. The van der Waals surface area contributed by atoms with E-state index in [2.05, 4.69) is 15.7 Å². The van der Waals surface area contributed by atoms with Gasteiger partial charge in [0.05, 0.1) is 26.5 Å². The summed E-state index contributed by atoms with van der Waals surface area (Å²) in [6.45, 7) is 2.12. The number of carbonyl (C=O) groups excluding carboxylic acids is 2. The summed E-state index contributed by atoms with van der Waals surface area (Å²) in [7, 11) is 0. The van der Waals surface area contributed by atoms with Gasteiger partial charge in [0.1, 0.15) is 6.20 Å². The van der Waals surface area contributed by atoms with E-state index in [9.17, 15) is 19.7 Å². The standard InChI is InChI=1S/C24H17Cl2N5O6S2/c1-2-36-19-9-13(3-7-18(19)37-21-8-5-15(12-27-21)31(34)35)10-20-22(32)30(24(38)39-20)29-23(33)28-14-4-6-16(25)17(26)11-14/h3-12H,2H2,1H3,(H2,28,29,33)/b20-10-. The van der Waals surface area contributed by atoms with Crippen LogP contribution in [0.3, 0.4) is 0 Å². The molecule has 2 N–H and O–H groups in total. The van der Waals surface area contributed by atoms with Crippen molar-refractivity contribution in [1.29, 1.82) is 0 Å². The number of aromatic nitrogens is 1. The third-order valence-corrected chi connectivity index (χ3v) is 6.94. The van der Waals surface area contributed by atoms with Crippen LogP contribution in [0.25, 0.3) is 6.08 Å². The fourth-order valence-electron chi connectivity index (χ4n) is 3.17. The van der Waals surface area contributed by atoms with Crippen LogP contribution in [0.1, 0.15) is 12.5 Å². The number of anilines is 1. The summed E-state index contributed by atoms with van der Waals surface area (Å²) in [4.78, 5) is 39.9. The first-order chi connectivity index (χ1) is 18.6. The number of benzene rings is 2. The molecule has 1 fully saturated rings. The van der Waals surface area contributed by atoms with Gasteiger partial charge in [-0.2, -0.15) is 5.01 Å². The SMILES string of the molecule is CCOc1cc(/C=C2\SC(=S)N(NC(=O)Nc3ccc(Cl)c(Cl)c3)C2=O)ccc1Oc1ccc([N+](=O)[O-])cn1. The number of nitrogens with one attached hydrogen (secondary N) is 2. The molecule has 2 heterocycles. The predicted molar refractivity (Wildman–Crippen MR) is 152 cm³/mol. The Morgan fingerprint density at radius 1 is 1.18 bits per heavy atom. The van der Waals surface area contributed by atoms with Crippen LogP contribution < -0.4 is 20.2 Å². The molecule has 0 aliphatic carbocycles. The Hall–Kier alpha value is -3.91. The van der Waals surface area contributed by atoms with E-state index in [1.54, 1.807) is 37.3 Å². The molecular formula is C24H17Cl2N5O6S2. The van der Waals surface area contributed by atoms with Crippen LogP contribution in [-0.2, 0) is 4.79 Å². The average molecular weight is 606 g/mol. The number of hydrogen-bond donors (Lipinski definition) is 2. The smallest absolute Gasteiger partial charge is 0.338 e. The van der Waals surface area contributed by atoms with E-state index in [1.807, 2.05) is 0 Å². The second kappa shape index (κ2) is 12.3. The van der Waals surface area contributed by atoms with Crippen LogP contribution in [0.2, 0.25) is 10.0 Å². The number of rotatable bonds is 8. The summed E-state index contributed by atoms with van der Waals surface area (Å²) >= 11 is 18.1. The minimum Gasteiger partial charge on any atom is -0.490 e. The van der Waals surface area contributed by atoms with Gasteiger partial charge in [-0.05, 0) is 61.1 Å². The maximum atomic E-state index is 13.0. The molecule has 0 atom stereocenters. The lowest BCUT2D eigenvalue weighted by atomic mass is 10.2. The minimum atomic E-state index is -0.703. The van der Waals surface area contributed by atoms with Crippen molar-refractivity contribution in [2.24, 2.45) is 0 Å². The third kappa shape index (κ3) is 6.95. The van der Waals surface area contributed by atoms with Gasteiger partial charge in [0, 0.05) is 17.8 Å². The summed E-state index contributed by atoms with van der Waals surface area (Å²) in [5.41, 5.74) is 3.22. The van der Waals surface area contributed by atoms with Crippen molar-refractivity contribution in [3.63, 3.8) is 0 Å². The fraction of sp³-hybridized carbons (Fsp3) is 0.0833. The summed E-state index contributed by atoms with van der Waals surface area (Å²) in [5.74, 6) is 0.299. The molecule has 0 saturated carbocycles. The molecule has 1 aromatic heterocycles. The summed E-state index contributed by atoms with van der Waals surface area (Å²) in [5, 5.41) is 14.9. The van der Waals surface area contributed by atoms with E-state index in [0.29, 0.717) is 34.4 Å². The van der Waals surface area contributed by atoms with Crippen molar-refractivity contribution < 1.29 is 24.0 Å². The average Bonchev–Trinajstić information content (AvgIpc) is 3.15. The molecule has 0 bridgehead atoms. The first-order valence-electron chi connectivity index (χ1n) is 11.0. The van der Waals surface area contributed by atoms with Gasteiger partial charge in [-0.15, -0.1) is 0 Å². The molecule has 1 aliphatic rings. The topological polar surface area (TPSA) is 136 Å². The molecule has 39 heavy (non-hydrogen) atoms. The van der Waals surface area contributed by atoms with Gasteiger partial charge >= 0.3 is 6.03 Å². The van der Waals surface area contributed by atoms with Crippen molar-refractivity contribution in [1.82, 2.24) is 15.4 Å². The van der Waals surface area contributed by atoms with E-state index < -0.39 is 16.9 Å². The Bertz CT molecular complexity index is 1500. The molecule has 0 radical (unpaired) electrons. The highest BCUT2D eigenvalue weighted by molar-refractivity contribution is 8.26. The van der Waals surface area contributed by atoms with E-state index in [-0.39, 0.29) is 25.8 Å². The number of pyridine rings is 1. The van der Waals surface area contributed by atoms with Crippen LogP contribution in [0.5, 0.6) is 17.4 Å². The Morgan fingerprint density at radius 2 is 1.97 bits per heavy atom. The van der Waals surface area contributed by atoms with Crippen LogP contribution in [-0.4, -0.2) is 37.8 Å². The fourth-order valence-corrected chi connectivity index (χ4v) is 4.65. The zero-order valence-electron chi connectivity index (χ0n) is 19.8. The van der Waals surface area contributed by atoms with Crippen molar-refractivity contribution >= 4 is 80.9 Å². The van der Waals surface area contributed by atoms with Crippen LogP contribution in [0.15, 0.2) is 59.6 Å². The third-order valence-electron chi connectivity index (χ3n) is 4.90. The molecule has 1 aliphatic heterocycles. The zero-order chi connectivity index (χ0) is 28.1. The molecule has 1 saturated heterocycles. The maximum Gasteiger partial charge on any atom is 0.338 e. The molecule has 3 amide bonds.